The third-order valence-corrected chi connectivity index (χ3v) is 3.76. The molecule has 21 heavy (non-hydrogen) atoms. The van der Waals surface area contributed by atoms with Gasteiger partial charge in [0.25, 0.3) is 5.91 Å². The second kappa shape index (κ2) is 6.82. The van der Waals surface area contributed by atoms with E-state index < -0.39 is 0 Å². The predicted molar refractivity (Wildman–Crippen MR) is 84.6 cm³/mol. The summed E-state index contributed by atoms with van der Waals surface area (Å²) in [6.45, 7) is 5.98. The van der Waals surface area contributed by atoms with Gasteiger partial charge in [-0.1, -0.05) is 0 Å². The van der Waals surface area contributed by atoms with Gasteiger partial charge >= 0.3 is 0 Å². The van der Waals surface area contributed by atoms with Crippen LogP contribution in [0, 0.1) is 6.92 Å². The van der Waals surface area contributed by atoms with Gasteiger partial charge in [0.2, 0.25) is 0 Å². The number of ether oxygens (including phenoxy) is 1. The molecule has 0 radical (unpaired) electrons. The number of thiocarbonyl (C=S) groups is 1. The summed E-state index contributed by atoms with van der Waals surface area (Å²) in [5, 5.41) is 7.69. The highest BCUT2D eigenvalue weighted by molar-refractivity contribution is 7.80. The number of nitrogens with one attached hydrogen (secondary N) is 1. The molecule has 114 valence electrons. The summed E-state index contributed by atoms with van der Waals surface area (Å²) in [5.74, 6) is -0.0975. The van der Waals surface area contributed by atoms with E-state index >= 15 is 0 Å². The summed E-state index contributed by atoms with van der Waals surface area (Å²) in [6.07, 6.45) is 4.32. The van der Waals surface area contributed by atoms with Gasteiger partial charge in [0.15, 0.2) is 5.11 Å². The molecular formula is C14H20N4O2S. The number of hydrogen-bond donors (Lipinski definition) is 1. The second-order valence-electron chi connectivity index (χ2n) is 4.79. The van der Waals surface area contributed by atoms with E-state index in [0.717, 1.165) is 24.2 Å². The molecule has 0 spiro atoms. The normalized spacial score (nSPS) is 16.9. The second-order valence-corrected chi connectivity index (χ2v) is 5.18. The lowest BCUT2D eigenvalue weighted by Crippen LogP contribution is -2.32. The van der Waals surface area contributed by atoms with Crippen LogP contribution in [0.3, 0.4) is 0 Å². The molecule has 0 unspecified atom stereocenters. The Kier molecular flexibility index (Phi) is 5.08. The lowest BCUT2D eigenvalue weighted by Gasteiger charge is -2.12. The Morgan fingerprint density at radius 1 is 1.52 bits per heavy atom. The number of amides is 1. The van der Waals surface area contributed by atoms with E-state index in [1.807, 2.05) is 18.5 Å². The minimum absolute atomic E-state index is 0.0975. The van der Waals surface area contributed by atoms with Gasteiger partial charge in [0, 0.05) is 38.1 Å². The first-order valence-electron chi connectivity index (χ1n) is 6.94. The smallest absolute Gasteiger partial charge is 0.276 e. The third kappa shape index (κ3) is 3.30. The van der Waals surface area contributed by atoms with E-state index in [0.29, 0.717) is 24.0 Å². The van der Waals surface area contributed by atoms with Gasteiger partial charge in [-0.3, -0.25) is 14.4 Å². The zero-order valence-corrected chi connectivity index (χ0v) is 13.4. The Balaban J connectivity index is 2.14. The van der Waals surface area contributed by atoms with Crippen LogP contribution in [0.2, 0.25) is 0 Å². The predicted octanol–water partition coefficient (Wildman–Crippen LogP) is 1.31. The topological polar surface area (TPSA) is 59.4 Å². The number of aromatic nitrogens is 2. The van der Waals surface area contributed by atoms with Crippen LogP contribution < -0.4 is 5.32 Å². The Morgan fingerprint density at radius 3 is 2.90 bits per heavy atom. The largest absolute Gasteiger partial charge is 0.385 e. The van der Waals surface area contributed by atoms with Crippen molar-refractivity contribution in [3.8, 4) is 0 Å². The van der Waals surface area contributed by atoms with Gasteiger partial charge in [-0.15, -0.1) is 0 Å². The van der Waals surface area contributed by atoms with Crippen LogP contribution in [0.5, 0.6) is 0 Å². The molecular weight excluding hydrogens is 288 g/mol. The maximum absolute atomic E-state index is 12.3. The van der Waals surface area contributed by atoms with E-state index in [2.05, 4.69) is 10.4 Å². The summed E-state index contributed by atoms with van der Waals surface area (Å²) in [7, 11) is 1.64. The first-order valence-corrected chi connectivity index (χ1v) is 7.35. The van der Waals surface area contributed by atoms with Crippen LogP contribution >= 0.6 is 12.2 Å². The average molecular weight is 308 g/mol. The third-order valence-electron chi connectivity index (χ3n) is 3.43. The molecule has 1 aliphatic heterocycles. The van der Waals surface area contributed by atoms with Gasteiger partial charge in [-0.2, -0.15) is 5.10 Å². The van der Waals surface area contributed by atoms with E-state index in [9.17, 15) is 4.79 Å². The summed E-state index contributed by atoms with van der Waals surface area (Å²) >= 11 is 5.21. The highest BCUT2D eigenvalue weighted by atomic mass is 32.1. The van der Waals surface area contributed by atoms with Gasteiger partial charge in [0.1, 0.15) is 5.70 Å². The summed E-state index contributed by atoms with van der Waals surface area (Å²) in [5.41, 5.74) is 2.45. The minimum atomic E-state index is -0.0975. The fourth-order valence-corrected chi connectivity index (χ4v) is 2.50. The highest BCUT2D eigenvalue weighted by Gasteiger charge is 2.30. The summed E-state index contributed by atoms with van der Waals surface area (Å²) < 4.78 is 6.89. The van der Waals surface area contributed by atoms with E-state index in [1.54, 1.807) is 24.3 Å². The van der Waals surface area contributed by atoms with Crippen molar-refractivity contribution in [1.29, 1.82) is 0 Å². The molecule has 0 atom stereocenters. The molecule has 6 nitrogen and oxygen atoms in total. The summed E-state index contributed by atoms with van der Waals surface area (Å²) in [6, 6.07) is 0. The number of aryl methyl sites for hydroxylation is 1. The molecule has 1 amide bonds. The monoisotopic (exact) mass is 308 g/mol. The molecule has 1 saturated heterocycles. The molecule has 1 aromatic rings. The first-order chi connectivity index (χ1) is 10.1. The first kappa shape index (κ1) is 15.7. The minimum Gasteiger partial charge on any atom is -0.385 e. The molecule has 1 fully saturated rings. The molecule has 0 aliphatic carbocycles. The molecule has 0 saturated carbocycles. The lowest BCUT2D eigenvalue weighted by molar-refractivity contribution is -0.122. The molecule has 7 heteroatoms. The zero-order valence-electron chi connectivity index (χ0n) is 12.5. The SMILES string of the molecule is CCn1ncc(/C=C2/NC(=S)N(CCCOC)C2=O)c1C. The number of rotatable bonds is 6. The lowest BCUT2D eigenvalue weighted by atomic mass is 10.2. The number of carbonyl (C=O) groups excluding carboxylic acids is 1. The van der Waals surface area contributed by atoms with Crippen LogP contribution in [0.25, 0.3) is 6.08 Å². The molecule has 2 heterocycles. The van der Waals surface area contributed by atoms with Crippen LogP contribution in [0.15, 0.2) is 11.9 Å². The fourth-order valence-electron chi connectivity index (χ4n) is 2.22. The summed E-state index contributed by atoms with van der Waals surface area (Å²) in [4.78, 5) is 13.9. The average Bonchev–Trinajstić information content (AvgIpc) is 2.94. The molecule has 1 N–H and O–H groups in total. The van der Waals surface area contributed by atoms with Crippen molar-refractivity contribution in [1.82, 2.24) is 20.0 Å². The van der Waals surface area contributed by atoms with Gasteiger partial charge < -0.3 is 10.1 Å². The van der Waals surface area contributed by atoms with Crippen molar-refractivity contribution >= 4 is 29.3 Å². The molecule has 0 aromatic carbocycles. The van der Waals surface area contributed by atoms with Crippen molar-refractivity contribution in [2.75, 3.05) is 20.3 Å². The Hall–Kier alpha value is -1.73. The maximum atomic E-state index is 12.3. The number of methoxy groups -OCH3 is 1. The molecule has 0 bridgehead atoms. The van der Waals surface area contributed by atoms with Crippen LogP contribution in [-0.4, -0.2) is 46.0 Å². The fraction of sp³-hybridized carbons (Fsp3) is 0.500. The standard InChI is InChI=1S/C14H20N4O2S/c1-4-18-10(2)11(9-15-18)8-12-13(19)17(14(21)16-12)6-5-7-20-3/h8-9H,4-7H2,1-3H3,(H,16,21)/b12-8+. The van der Waals surface area contributed by atoms with Crippen molar-refractivity contribution in [3.05, 3.63) is 23.2 Å². The molecule has 2 rings (SSSR count). The van der Waals surface area contributed by atoms with Crippen molar-refractivity contribution < 1.29 is 9.53 Å². The zero-order chi connectivity index (χ0) is 15.4. The van der Waals surface area contributed by atoms with Crippen molar-refractivity contribution in [2.24, 2.45) is 0 Å². The van der Waals surface area contributed by atoms with E-state index in [1.165, 1.54) is 0 Å². The number of carbonyl (C=O) groups is 1. The quantitative estimate of drug-likeness (QED) is 0.488. The van der Waals surface area contributed by atoms with Crippen molar-refractivity contribution in [3.63, 3.8) is 0 Å². The van der Waals surface area contributed by atoms with Gasteiger partial charge in [-0.05, 0) is 38.6 Å². The van der Waals surface area contributed by atoms with Gasteiger partial charge in [0.05, 0.1) is 6.20 Å². The van der Waals surface area contributed by atoms with Crippen molar-refractivity contribution in [2.45, 2.75) is 26.8 Å². The Labute approximate surface area is 129 Å². The maximum Gasteiger partial charge on any atom is 0.276 e. The highest BCUT2D eigenvalue weighted by Crippen LogP contribution is 2.16. The number of hydrogen-bond acceptors (Lipinski definition) is 4. The Morgan fingerprint density at radius 2 is 2.29 bits per heavy atom. The Bertz CT molecular complexity index is 580. The van der Waals surface area contributed by atoms with E-state index in [4.69, 9.17) is 17.0 Å². The molecule has 1 aromatic heterocycles. The van der Waals surface area contributed by atoms with Crippen LogP contribution in [0.1, 0.15) is 24.6 Å². The van der Waals surface area contributed by atoms with E-state index in [-0.39, 0.29) is 5.91 Å². The van der Waals surface area contributed by atoms with Crippen LogP contribution in [0.4, 0.5) is 0 Å². The van der Waals surface area contributed by atoms with Gasteiger partial charge in [-0.25, -0.2) is 0 Å². The molecule has 1 aliphatic rings. The van der Waals surface area contributed by atoms with Crippen LogP contribution in [-0.2, 0) is 16.1 Å². The number of nitrogens with zero attached hydrogens (tertiary/aromatic N) is 3.